The summed E-state index contributed by atoms with van der Waals surface area (Å²) in [5.74, 6) is 2.10. The predicted octanol–water partition coefficient (Wildman–Crippen LogP) is 3.96. The molecule has 6 nitrogen and oxygen atoms in total. The number of nitrogens with one attached hydrogen (secondary N) is 1. The first-order chi connectivity index (χ1) is 14.1. The highest BCUT2D eigenvalue weighted by Gasteiger charge is 2.17. The number of fused-ring (bicyclic) bond motifs is 1. The van der Waals surface area contributed by atoms with Crippen LogP contribution in [0, 0.1) is 5.82 Å². The second-order valence-electron chi connectivity index (χ2n) is 6.82. The molecule has 0 spiro atoms. The first-order valence-electron chi connectivity index (χ1n) is 9.76. The Morgan fingerprint density at radius 3 is 2.73 bits per heavy atom. The van der Waals surface area contributed by atoms with Crippen LogP contribution in [0.15, 0.2) is 41.4 Å². The van der Waals surface area contributed by atoms with E-state index in [0.717, 1.165) is 34.1 Å². The quantitative estimate of drug-likeness (QED) is 0.335. The summed E-state index contributed by atoms with van der Waals surface area (Å²) in [6.45, 7) is 4.52. The van der Waals surface area contributed by atoms with Gasteiger partial charge in [-0.3, -0.25) is 4.99 Å². The van der Waals surface area contributed by atoms with Crippen LogP contribution >= 0.6 is 24.0 Å². The van der Waals surface area contributed by atoms with Crippen molar-refractivity contribution in [2.45, 2.75) is 26.5 Å². The van der Waals surface area contributed by atoms with Crippen molar-refractivity contribution in [3.05, 3.63) is 58.9 Å². The average molecular weight is 529 g/mol. The average Bonchev–Trinajstić information content (AvgIpc) is 2.72. The first-order valence-corrected chi connectivity index (χ1v) is 9.76. The summed E-state index contributed by atoms with van der Waals surface area (Å²) >= 11 is 0. The fourth-order valence-electron chi connectivity index (χ4n) is 3.34. The van der Waals surface area contributed by atoms with Crippen LogP contribution in [-0.2, 0) is 24.3 Å². The molecule has 1 aliphatic heterocycles. The molecule has 0 radical (unpaired) electrons. The van der Waals surface area contributed by atoms with Crippen LogP contribution in [0.5, 0.6) is 11.5 Å². The number of benzene rings is 2. The zero-order chi connectivity index (χ0) is 20.6. The number of halogens is 2. The van der Waals surface area contributed by atoms with Crippen molar-refractivity contribution in [1.29, 1.82) is 0 Å². The van der Waals surface area contributed by atoms with Gasteiger partial charge in [-0.25, -0.2) is 4.39 Å². The van der Waals surface area contributed by atoms with Crippen molar-refractivity contribution in [1.82, 2.24) is 10.2 Å². The lowest BCUT2D eigenvalue weighted by molar-refractivity contribution is -0.0172. The number of rotatable bonds is 7. The molecule has 3 rings (SSSR count). The molecule has 0 bridgehead atoms. The molecule has 1 heterocycles. The van der Waals surface area contributed by atoms with E-state index in [-0.39, 0.29) is 36.6 Å². The molecule has 0 atom stereocenters. The van der Waals surface area contributed by atoms with E-state index in [1.54, 1.807) is 7.05 Å². The van der Waals surface area contributed by atoms with Crippen molar-refractivity contribution < 1.29 is 18.6 Å². The third kappa shape index (κ3) is 6.46. The van der Waals surface area contributed by atoms with E-state index < -0.39 is 0 Å². The Morgan fingerprint density at radius 1 is 1.27 bits per heavy atom. The van der Waals surface area contributed by atoms with Crippen LogP contribution in [0.4, 0.5) is 4.39 Å². The second-order valence-corrected chi connectivity index (χ2v) is 6.82. The summed E-state index contributed by atoms with van der Waals surface area (Å²) in [6, 6.07) is 11.0. The van der Waals surface area contributed by atoms with E-state index in [0.29, 0.717) is 32.7 Å². The fraction of sp³-hybridized carbons (Fsp3) is 0.409. The zero-order valence-electron chi connectivity index (χ0n) is 17.6. The van der Waals surface area contributed by atoms with Crippen molar-refractivity contribution >= 4 is 29.9 Å². The van der Waals surface area contributed by atoms with Gasteiger partial charge in [-0.2, -0.15) is 0 Å². The number of aliphatic imine (C=N–C) groups is 1. The Labute approximate surface area is 194 Å². The maximum absolute atomic E-state index is 13.9. The molecule has 0 aromatic heterocycles. The van der Waals surface area contributed by atoms with Gasteiger partial charge in [0, 0.05) is 32.7 Å². The largest absolute Gasteiger partial charge is 0.494 e. The molecular weight excluding hydrogens is 500 g/mol. The smallest absolute Gasteiger partial charge is 0.193 e. The molecule has 0 saturated carbocycles. The lowest BCUT2D eigenvalue weighted by Gasteiger charge is -2.23. The van der Waals surface area contributed by atoms with Gasteiger partial charge in [0.05, 0.1) is 13.2 Å². The highest BCUT2D eigenvalue weighted by molar-refractivity contribution is 14.0. The number of ether oxygens (including phenoxy) is 3. The van der Waals surface area contributed by atoms with E-state index in [1.165, 1.54) is 12.1 Å². The molecule has 0 saturated heterocycles. The summed E-state index contributed by atoms with van der Waals surface area (Å²) in [4.78, 5) is 6.39. The summed E-state index contributed by atoms with van der Waals surface area (Å²) in [6.07, 6.45) is 0.621. The molecular formula is C22H29FIN3O3. The number of nitrogens with zero attached hydrogens (tertiary/aromatic N) is 2. The number of hydrogen-bond donors (Lipinski definition) is 1. The summed E-state index contributed by atoms with van der Waals surface area (Å²) < 4.78 is 30.2. The van der Waals surface area contributed by atoms with Gasteiger partial charge in [-0.1, -0.05) is 12.1 Å². The maximum atomic E-state index is 13.9. The van der Waals surface area contributed by atoms with Crippen LogP contribution < -0.4 is 14.8 Å². The van der Waals surface area contributed by atoms with E-state index in [2.05, 4.69) is 10.3 Å². The second kappa shape index (κ2) is 11.9. The number of hydrogen-bond acceptors (Lipinski definition) is 4. The van der Waals surface area contributed by atoms with Gasteiger partial charge in [0.2, 0.25) is 0 Å². The third-order valence-corrected chi connectivity index (χ3v) is 4.66. The van der Waals surface area contributed by atoms with Gasteiger partial charge < -0.3 is 24.4 Å². The lowest BCUT2D eigenvalue weighted by atomic mass is 10.1. The molecule has 0 unspecified atom stereocenters. The van der Waals surface area contributed by atoms with Crippen molar-refractivity contribution in [2.75, 3.05) is 34.0 Å². The molecule has 8 heteroatoms. The van der Waals surface area contributed by atoms with Crippen LogP contribution in [-0.4, -0.2) is 44.9 Å². The van der Waals surface area contributed by atoms with Gasteiger partial charge in [0.1, 0.15) is 17.3 Å². The van der Waals surface area contributed by atoms with Gasteiger partial charge in [-0.05, 0) is 48.7 Å². The molecule has 30 heavy (non-hydrogen) atoms. The Bertz CT molecular complexity index is 846. The Hall–Kier alpha value is -2.07. The summed E-state index contributed by atoms with van der Waals surface area (Å²) in [5, 5.41) is 3.34. The zero-order valence-corrected chi connectivity index (χ0v) is 19.9. The van der Waals surface area contributed by atoms with E-state index in [4.69, 9.17) is 14.2 Å². The lowest BCUT2D eigenvalue weighted by Crippen LogP contribution is -2.39. The van der Waals surface area contributed by atoms with Gasteiger partial charge in [-0.15, -0.1) is 24.0 Å². The minimum absolute atomic E-state index is 0. The first kappa shape index (κ1) is 24.2. The summed E-state index contributed by atoms with van der Waals surface area (Å²) in [5.41, 5.74) is 2.75. The van der Waals surface area contributed by atoms with E-state index in [1.807, 2.05) is 43.1 Å². The third-order valence-electron chi connectivity index (χ3n) is 4.66. The molecule has 2 aromatic rings. The van der Waals surface area contributed by atoms with Crippen LogP contribution in [0.2, 0.25) is 0 Å². The van der Waals surface area contributed by atoms with Crippen LogP contribution in [0.1, 0.15) is 23.6 Å². The maximum Gasteiger partial charge on any atom is 0.193 e. The molecule has 0 amide bonds. The van der Waals surface area contributed by atoms with Gasteiger partial charge in [0.15, 0.2) is 12.8 Å². The molecule has 1 N–H and O–H groups in total. The predicted molar refractivity (Wildman–Crippen MR) is 126 cm³/mol. The monoisotopic (exact) mass is 529 g/mol. The van der Waals surface area contributed by atoms with Crippen molar-refractivity contribution in [3.63, 3.8) is 0 Å². The normalized spacial score (nSPS) is 13.0. The van der Waals surface area contributed by atoms with E-state index >= 15 is 0 Å². The molecule has 164 valence electrons. The van der Waals surface area contributed by atoms with Crippen LogP contribution in [0.3, 0.4) is 0 Å². The van der Waals surface area contributed by atoms with Crippen LogP contribution in [0.25, 0.3) is 0 Å². The Morgan fingerprint density at radius 2 is 2.03 bits per heavy atom. The molecule has 2 aromatic carbocycles. The highest BCUT2D eigenvalue weighted by Crippen LogP contribution is 2.29. The van der Waals surface area contributed by atoms with E-state index in [9.17, 15) is 4.39 Å². The topological polar surface area (TPSA) is 55.3 Å². The minimum atomic E-state index is -0.273. The minimum Gasteiger partial charge on any atom is -0.494 e. The number of guanidine groups is 1. The summed E-state index contributed by atoms with van der Waals surface area (Å²) in [7, 11) is 3.73. The van der Waals surface area contributed by atoms with Gasteiger partial charge >= 0.3 is 0 Å². The Kier molecular flexibility index (Phi) is 9.64. The highest BCUT2D eigenvalue weighted by atomic mass is 127. The molecule has 0 fully saturated rings. The van der Waals surface area contributed by atoms with Crippen molar-refractivity contribution in [3.8, 4) is 11.5 Å². The van der Waals surface area contributed by atoms with Crippen molar-refractivity contribution in [2.24, 2.45) is 4.99 Å². The standard InChI is InChI=1S/C22H28FN3O3.HI/c1-4-28-20-7-5-16(6-8-20)13-26(3)22(24-2)25-10-9-17-11-19(23)12-18-14-27-15-29-21(17)18;/h5-8,11-12H,4,9-10,13-15H2,1-3H3,(H,24,25);1H. The SMILES string of the molecule is CCOc1ccc(CN(C)C(=NC)NCCc2cc(F)cc3c2OCOC3)cc1.I. The van der Waals surface area contributed by atoms with Gasteiger partial charge in [0.25, 0.3) is 0 Å². The molecule has 1 aliphatic rings. The molecule has 0 aliphatic carbocycles. The fourth-order valence-corrected chi connectivity index (χ4v) is 3.34. The Balaban J connectivity index is 0.00000320.